The van der Waals surface area contributed by atoms with Crippen molar-refractivity contribution in [2.24, 2.45) is 0 Å². The Morgan fingerprint density at radius 3 is 2.09 bits per heavy atom. The molecule has 2 N–H and O–H groups in total. The van der Waals surface area contributed by atoms with Gasteiger partial charge in [0.2, 0.25) is 0 Å². The molecule has 70 valence electrons. The zero-order valence-corrected chi connectivity index (χ0v) is 8.50. The SMILES string of the molecule is C[Si](F)(F)CCCS(C)(O)O. The van der Waals surface area contributed by atoms with E-state index >= 15 is 0 Å². The van der Waals surface area contributed by atoms with Crippen molar-refractivity contribution in [1.29, 1.82) is 0 Å². The Morgan fingerprint density at radius 2 is 1.82 bits per heavy atom. The summed E-state index contributed by atoms with van der Waals surface area (Å²) in [7, 11) is -6.52. The molecule has 0 saturated carbocycles. The van der Waals surface area contributed by atoms with Gasteiger partial charge in [0, 0.05) is 12.0 Å². The first-order chi connectivity index (χ1) is 4.71. The highest BCUT2D eigenvalue weighted by atomic mass is 32.3. The molecular formula is C5H14F2O2SSi. The van der Waals surface area contributed by atoms with Gasteiger partial charge in [0.25, 0.3) is 0 Å². The quantitative estimate of drug-likeness (QED) is 0.546. The third-order valence-corrected chi connectivity index (χ3v) is 3.44. The highest BCUT2D eigenvalue weighted by molar-refractivity contribution is 8.23. The summed E-state index contributed by atoms with van der Waals surface area (Å²) < 4.78 is 42.2. The van der Waals surface area contributed by atoms with Crippen LogP contribution in [0.15, 0.2) is 0 Å². The minimum Gasteiger partial charge on any atom is -0.300 e. The van der Waals surface area contributed by atoms with Gasteiger partial charge >= 0.3 is 8.74 Å². The zero-order chi connectivity index (χ0) is 9.12. The Labute approximate surface area is 68.3 Å². The molecule has 0 atom stereocenters. The minimum absolute atomic E-state index is 0.101. The summed E-state index contributed by atoms with van der Waals surface area (Å²) in [5.74, 6) is 0.101. The normalized spacial score (nSPS) is 15.1. The highest BCUT2D eigenvalue weighted by Crippen LogP contribution is 2.35. The van der Waals surface area contributed by atoms with Crippen molar-refractivity contribution in [3.63, 3.8) is 0 Å². The largest absolute Gasteiger partial charge is 0.422 e. The van der Waals surface area contributed by atoms with E-state index in [0.29, 0.717) is 0 Å². The molecule has 0 spiro atoms. The van der Waals surface area contributed by atoms with Gasteiger partial charge in [-0.1, -0.05) is 0 Å². The molecule has 0 rings (SSSR count). The molecule has 11 heavy (non-hydrogen) atoms. The molecule has 6 heteroatoms. The van der Waals surface area contributed by atoms with E-state index in [1.54, 1.807) is 0 Å². The zero-order valence-electron chi connectivity index (χ0n) is 6.68. The number of hydrogen-bond acceptors (Lipinski definition) is 2. The molecule has 0 saturated heterocycles. The third kappa shape index (κ3) is 10.3. The van der Waals surface area contributed by atoms with Crippen molar-refractivity contribution in [3.05, 3.63) is 0 Å². The Hall–Kier alpha value is 0.347. The molecule has 0 aliphatic rings. The first-order valence-electron chi connectivity index (χ1n) is 3.29. The summed E-state index contributed by atoms with van der Waals surface area (Å²) in [6, 6.07) is -0.142. The molecule has 0 aliphatic carbocycles. The van der Waals surface area contributed by atoms with Gasteiger partial charge < -0.3 is 0 Å². The lowest BCUT2D eigenvalue weighted by atomic mass is 10.6. The predicted molar refractivity (Wildman–Crippen MR) is 46.9 cm³/mol. The van der Waals surface area contributed by atoms with Crippen LogP contribution in [0.4, 0.5) is 8.22 Å². The summed E-state index contributed by atoms with van der Waals surface area (Å²) in [4.78, 5) is 0. The van der Waals surface area contributed by atoms with Crippen LogP contribution in [0.25, 0.3) is 0 Å². The molecular weight excluding hydrogens is 190 g/mol. The van der Waals surface area contributed by atoms with E-state index in [2.05, 4.69) is 0 Å². The van der Waals surface area contributed by atoms with Crippen LogP contribution in [0.5, 0.6) is 0 Å². The molecule has 0 aromatic carbocycles. The Morgan fingerprint density at radius 1 is 1.36 bits per heavy atom. The first-order valence-corrected chi connectivity index (χ1v) is 7.88. The van der Waals surface area contributed by atoms with Gasteiger partial charge in [-0.3, -0.25) is 17.3 Å². The molecule has 0 bridgehead atoms. The molecule has 0 fully saturated rings. The lowest BCUT2D eigenvalue weighted by Gasteiger charge is -2.26. The first kappa shape index (κ1) is 11.3. The molecule has 0 unspecified atom stereocenters. The summed E-state index contributed by atoms with van der Waals surface area (Å²) in [5.41, 5.74) is 0. The maximum atomic E-state index is 12.3. The monoisotopic (exact) mass is 204 g/mol. The van der Waals surface area contributed by atoms with Crippen LogP contribution < -0.4 is 0 Å². The van der Waals surface area contributed by atoms with E-state index in [-0.39, 0.29) is 18.2 Å². The van der Waals surface area contributed by atoms with E-state index in [1.165, 1.54) is 6.26 Å². The van der Waals surface area contributed by atoms with Gasteiger partial charge in [-0.25, -0.2) is 0 Å². The summed E-state index contributed by atoms with van der Waals surface area (Å²) >= 11 is 0. The Kier molecular flexibility index (Phi) is 3.96. The van der Waals surface area contributed by atoms with Crippen molar-refractivity contribution in [1.82, 2.24) is 0 Å². The van der Waals surface area contributed by atoms with E-state index in [1.807, 2.05) is 0 Å². The average molecular weight is 204 g/mol. The smallest absolute Gasteiger partial charge is 0.300 e. The van der Waals surface area contributed by atoms with Gasteiger partial charge in [0.1, 0.15) is 0 Å². The standard InChI is InChI=1S/C5H14F2O2SSi/c1-10(8,9)4-3-5-11(2,6)7/h8-9H,3-5H2,1-2H3. The van der Waals surface area contributed by atoms with Crippen LogP contribution in [-0.4, -0.2) is 29.9 Å². The Balaban J connectivity index is 3.44. The average Bonchev–Trinajstić information content (AvgIpc) is 1.55. The van der Waals surface area contributed by atoms with Crippen LogP contribution >= 0.6 is 10.6 Å². The van der Waals surface area contributed by atoms with Crippen molar-refractivity contribution < 1.29 is 17.3 Å². The Bertz CT molecular complexity index is 107. The van der Waals surface area contributed by atoms with E-state index in [0.717, 1.165) is 6.55 Å². The van der Waals surface area contributed by atoms with Crippen LogP contribution in [-0.2, 0) is 0 Å². The number of hydrogen-bond donors (Lipinski definition) is 2. The third-order valence-electron chi connectivity index (χ3n) is 1.15. The lowest BCUT2D eigenvalue weighted by molar-refractivity contribution is 0.493. The van der Waals surface area contributed by atoms with Crippen molar-refractivity contribution >= 4 is 19.3 Å². The molecule has 2 nitrogen and oxygen atoms in total. The van der Waals surface area contributed by atoms with Crippen molar-refractivity contribution in [2.75, 3.05) is 12.0 Å². The molecule has 0 heterocycles. The van der Waals surface area contributed by atoms with E-state index in [9.17, 15) is 8.22 Å². The maximum Gasteiger partial charge on any atom is 0.422 e. The van der Waals surface area contributed by atoms with Crippen molar-refractivity contribution in [2.45, 2.75) is 19.0 Å². The fraction of sp³-hybridized carbons (Fsp3) is 1.00. The fourth-order valence-electron chi connectivity index (χ4n) is 0.656. The lowest BCUT2D eigenvalue weighted by Crippen LogP contribution is -2.16. The van der Waals surface area contributed by atoms with E-state index < -0.39 is 19.3 Å². The number of halogens is 2. The van der Waals surface area contributed by atoms with Gasteiger partial charge in [-0.15, -0.1) is 0 Å². The second-order valence-corrected chi connectivity index (χ2v) is 7.91. The van der Waals surface area contributed by atoms with Gasteiger partial charge in [-0.2, -0.15) is 10.6 Å². The summed E-state index contributed by atoms with van der Waals surface area (Å²) in [5, 5.41) is 0. The second-order valence-electron chi connectivity index (χ2n) is 2.87. The van der Waals surface area contributed by atoms with Crippen molar-refractivity contribution in [3.8, 4) is 0 Å². The van der Waals surface area contributed by atoms with Gasteiger partial charge in [0.05, 0.1) is 0 Å². The summed E-state index contributed by atoms with van der Waals surface area (Å²) in [6.07, 6.45) is 1.50. The van der Waals surface area contributed by atoms with Crippen LogP contribution in [0.2, 0.25) is 12.6 Å². The molecule has 0 amide bonds. The fourth-order valence-corrected chi connectivity index (χ4v) is 2.40. The minimum atomic E-state index is -3.97. The highest BCUT2D eigenvalue weighted by Gasteiger charge is 2.27. The maximum absolute atomic E-state index is 12.3. The number of rotatable bonds is 4. The molecule has 0 aromatic heterocycles. The molecule has 0 aliphatic heterocycles. The van der Waals surface area contributed by atoms with Crippen LogP contribution in [0.3, 0.4) is 0 Å². The second kappa shape index (κ2) is 3.84. The summed E-state index contributed by atoms with van der Waals surface area (Å²) in [6.45, 7) is 0.967. The van der Waals surface area contributed by atoms with Crippen LogP contribution in [0, 0.1) is 0 Å². The van der Waals surface area contributed by atoms with E-state index in [4.69, 9.17) is 9.11 Å². The molecule has 0 aromatic rings. The van der Waals surface area contributed by atoms with Gasteiger partial charge in [0.15, 0.2) is 0 Å². The molecule has 0 radical (unpaired) electrons. The van der Waals surface area contributed by atoms with Crippen LogP contribution in [0.1, 0.15) is 6.42 Å². The topological polar surface area (TPSA) is 40.5 Å². The van der Waals surface area contributed by atoms with Gasteiger partial charge in [-0.05, 0) is 19.0 Å². The predicted octanol–water partition coefficient (Wildman–Crippen LogP) is 2.77.